The molecule has 0 fully saturated rings. The Bertz CT molecular complexity index is 2470. The van der Waals surface area contributed by atoms with Gasteiger partial charge in [0.2, 0.25) is 0 Å². The molecule has 97 heavy (non-hydrogen) atoms. The third kappa shape index (κ3) is 52.1. The van der Waals surface area contributed by atoms with E-state index in [1.807, 2.05) is 24.3 Å². The van der Waals surface area contributed by atoms with Gasteiger partial charge in [-0.25, -0.2) is 36.0 Å². The summed E-state index contributed by atoms with van der Waals surface area (Å²) in [6.07, 6.45) is 73.3. The monoisotopic (exact) mass is 1420 g/mol. The molecule has 14 nitrogen and oxygen atoms in total. The third-order valence-electron chi connectivity index (χ3n) is 17.1. The average molecular weight is 1420 g/mol. The molecule has 0 unspecified atom stereocenters. The van der Waals surface area contributed by atoms with Gasteiger partial charge in [-0.1, -0.05) is 320 Å². The molecule has 0 aliphatic rings. The number of benzene rings is 2. The summed E-state index contributed by atoms with van der Waals surface area (Å²) >= 11 is 0. The van der Waals surface area contributed by atoms with Crippen molar-refractivity contribution >= 4 is 81.9 Å². The maximum absolute atomic E-state index is 12.9. The minimum Gasteiger partial charge on any atom is -0.744 e. The van der Waals surface area contributed by atoms with Gasteiger partial charge in [0, 0.05) is 0 Å². The zero-order valence-electron chi connectivity index (χ0n) is 61.1. The van der Waals surface area contributed by atoms with E-state index in [1.165, 1.54) is 255 Å². The Kier molecular flexibility index (Phi) is 63.2. The van der Waals surface area contributed by atoms with E-state index in [2.05, 4.69) is 52.0 Å². The molecule has 548 valence electrons. The normalized spacial score (nSPS) is 11.8. The molecule has 0 amide bonds. The van der Waals surface area contributed by atoms with Crippen molar-refractivity contribution in [1.82, 2.24) is 0 Å². The standard InChI is InChI=1S/2C40H66O7S.Ca/c2*1-3-5-7-9-11-13-15-17-19-21-23-25-27-29-34-46-39(41)36-32-31-33-37(48(43,44)45)38(36)40(42)47-35-30-28-26-24-22-20-18-16-14-12-10-8-6-4-2;/h2*25-28,31-33H,3-24,29-30,34-35H2,1-2H3,(H,43,44,45);/q;;+2/p-2/b2*27-25+,28-26+;. The summed E-state index contributed by atoms with van der Waals surface area (Å²) in [4.78, 5) is 49.9. The number of rotatable bonds is 62. The predicted octanol–water partition coefficient (Wildman–Crippen LogP) is 22.5. The van der Waals surface area contributed by atoms with E-state index < -0.39 is 65.0 Å². The smallest absolute Gasteiger partial charge is 0.744 e. The van der Waals surface area contributed by atoms with Crippen LogP contribution >= 0.6 is 0 Å². The van der Waals surface area contributed by atoms with Crippen molar-refractivity contribution < 1.29 is 64.1 Å². The molecule has 0 radical (unpaired) electrons. The van der Waals surface area contributed by atoms with Crippen molar-refractivity contribution in [3.8, 4) is 0 Å². The first-order valence-corrected chi connectivity index (χ1v) is 40.9. The molecule has 0 saturated heterocycles. The molecule has 0 heterocycles. The number of hydrogen-bond acceptors (Lipinski definition) is 14. The van der Waals surface area contributed by atoms with E-state index in [0.717, 1.165) is 63.5 Å². The second kappa shape index (κ2) is 65.7. The van der Waals surface area contributed by atoms with Crippen LogP contribution in [0, 0.1) is 0 Å². The molecule has 0 aliphatic heterocycles. The number of carbonyl (C=O) groups is 4. The first kappa shape index (κ1) is 93.4. The van der Waals surface area contributed by atoms with Gasteiger partial charge in [0.15, 0.2) is 0 Å². The SMILES string of the molecule is CCCCCCCCCCCC/C=C/CCOC(=O)c1cccc(S(=O)(=O)[O-])c1C(=O)OCC/C=C/CCCCCCCCCCCC.CCCCCCCCCCCC/C=C/CCOC(=O)c1cccc(S(=O)(=O)[O-])c1C(=O)OCC/C=C/CCCCCCCCCCCC.[Ca+2]. The van der Waals surface area contributed by atoms with Gasteiger partial charge in [-0.3, -0.25) is 0 Å². The fraction of sp³-hybridized carbons (Fsp3) is 0.700. The number of allylic oxidation sites excluding steroid dienone is 4. The van der Waals surface area contributed by atoms with Crippen LogP contribution in [0.4, 0.5) is 0 Å². The van der Waals surface area contributed by atoms with Gasteiger partial charge in [-0.2, -0.15) is 0 Å². The quantitative estimate of drug-likeness (QED) is 0.0150. The van der Waals surface area contributed by atoms with E-state index >= 15 is 0 Å². The second-order valence-electron chi connectivity index (χ2n) is 25.7. The predicted molar refractivity (Wildman–Crippen MR) is 397 cm³/mol. The van der Waals surface area contributed by atoms with Gasteiger partial charge in [0.05, 0.1) is 58.5 Å². The maximum Gasteiger partial charge on any atom is 2.00 e. The van der Waals surface area contributed by atoms with Gasteiger partial charge in [-0.15, -0.1) is 0 Å². The molecule has 0 spiro atoms. The van der Waals surface area contributed by atoms with Crippen LogP contribution in [-0.4, -0.2) is 114 Å². The molecular formula is C80H130CaO14S2. The number of esters is 4. The Labute approximate surface area is 620 Å². The number of unbranched alkanes of at least 4 members (excludes halogenated alkanes) is 40. The van der Waals surface area contributed by atoms with Gasteiger partial charge < -0.3 is 28.1 Å². The Morgan fingerprint density at radius 1 is 0.289 bits per heavy atom. The number of carbonyl (C=O) groups excluding carboxylic acids is 4. The van der Waals surface area contributed by atoms with Crippen molar-refractivity contribution in [3.63, 3.8) is 0 Å². The van der Waals surface area contributed by atoms with Crippen LogP contribution in [0.2, 0.25) is 0 Å². The van der Waals surface area contributed by atoms with Crippen LogP contribution in [0.3, 0.4) is 0 Å². The summed E-state index contributed by atoms with van der Waals surface area (Å²) in [7, 11) is -10.1. The summed E-state index contributed by atoms with van der Waals surface area (Å²) in [5.74, 6) is -3.80. The summed E-state index contributed by atoms with van der Waals surface area (Å²) in [6, 6.07) is 7.08. The van der Waals surface area contributed by atoms with Crippen LogP contribution in [0.25, 0.3) is 0 Å². The van der Waals surface area contributed by atoms with Crippen molar-refractivity contribution in [2.75, 3.05) is 26.4 Å². The number of hydrogen-bond donors (Lipinski definition) is 0. The Morgan fingerprint density at radius 3 is 0.680 bits per heavy atom. The van der Waals surface area contributed by atoms with Crippen molar-refractivity contribution in [2.45, 2.75) is 346 Å². The Morgan fingerprint density at radius 2 is 0.474 bits per heavy atom. The molecule has 0 saturated carbocycles. The van der Waals surface area contributed by atoms with Crippen molar-refractivity contribution in [3.05, 3.63) is 107 Å². The van der Waals surface area contributed by atoms with E-state index in [9.17, 15) is 45.1 Å². The molecule has 0 bridgehead atoms. The summed E-state index contributed by atoms with van der Waals surface area (Å²) < 4.78 is 92.7. The average Bonchev–Trinajstić information content (AvgIpc) is 0.804. The molecule has 0 aliphatic carbocycles. The van der Waals surface area contributed by atoms with Crippen molar-refractivity contribution in [2.24, 2.45) is 0 Å². The minimum absolute atomic E-state index is 0. The van der Waals surface area contributed by atoms with Gasteiger partial charge in [-0.05, 0) is 101 Å². The molecule has 2 aromatic carbocycles. The van der Waals surface area contributed by atoms with E-state index in [0.29, 0.717) is 25.7 Å². The van der Waals surface area contributed by atoms with Gasteiger partial charge >= 0.3 is 61.6 Å². The van der Waals surface area contributed by atoms with Crippen LogP contribution in [-0.2, 0) is 39.2 Å². The van der Waals surface area contributed by atoms with E-state index in [4.69, 9.17) is 18.9 Å². The van der Waals surface area contributed by atoms with E-state index in [-0.39, 0.29) is 75.3 Å². The maximum atomic E-state index is 12.9. The summed E-state index contributed by atoms with van der Waals surface area (Å²) in [6.45, 7) is 9.09. The van der Waals surface area contributed by atoms with Gasteiger partial charge in [0.1, 0.15) is 20.2 Å². The van der Waals surface area contributed by atoms with Crippen LogP contribution in [0.1, 0.15) is 377 Å². The van der Waals surface area contributed by atoms with Crippen LogP contribution in [0.15, 0.2) is 94.8 Å². The zero-order chi connectivity index (χ0) is 70.3. The summed E-state index contributed by atoms with van der Waals surface area (Å²) in [5.41, 5.74) is -1.71. The summed E-state index contributed by atoms with van der Waals surface area (Å²) in [5, 5.41) is 0. The Hall–Kier alpha value is -3.64. The molecule has 0 aromatic heterocycles. The zero-order valence-corrected chi connectivity index (χ0v) is 64.9. The van der Waals surface area contributed by atoms with Crippen molar-refractivity contribution in [1.29, 1.82) is 0 Å². The van der Waals surface area contributed by atoms with Gasteiger partial charge in [0.25, 0.3) is 0 Å². The van der Waals surface area contributed by atoms with Crippen LogP contribution in [0.5, 0.6) is 0 Å². The molecule has 2 aromatic rings. The third-order valence-corrected chi connectivity index (χ3v) is 18.8. The molecule has 0 N–H and O–H groups in total. The molecule has 2 rings (SSSR count). The fourth-order valence-corrected chi connectivity index (χ4v) is 12.7. The van der Waals surface area contributed by atoms with E-state index in [1.54, 1.807) is 0 Å². The first-order valence-electron chi connectivity index (χ1n) is 38.1. The molecule has 0 atom stereocenters. The molecule has 17 heteroatoms. The topological polar surface area (TPSA) is 220 Å². The molecular weight excluding hydrogens is 1290 g/mol. The minimum atomic E-state index is -5.03. The Balaban J connectivity index is 0.00000188. The fourth-order valence-electron chi connectivity index (χ4n) is 11.4. The number of ether oxygens (including phenoxy) is 4. The second-order valence-corrected chi connectivity index (χ2v) is 28.4. The largest absolute Gasteiger partial charge is 2.00 e. The first-order chi connectivity index (χ1) is 46.6. The van der Waals surface area contributed by atoms with Crippen LogP contribution < -0.4 is 0 Å².